The summed E-state index contributed by atoms with van der Waals surface area (Å²) in [7, 11) is 0. The van der Waals surface area contributed by atoms with Crippen molar-refractivity contribution in [2.24, 2.45) is 5.73 Å². The van der Waals surface area contributed by atoms with Gasteiger partial charge in [-0.15, -0.1) is 10.2 Å². The van der Waals surface area contributed by atoms with Gasteiger partial charge in [0, 0.05) is 10.9 Å². The molecule has 4 nitrogen and oxygen atoms in total. The standard InChI is InChI=1S/C10H9BrN4S/c11-6-1-2-7-8(5-6)16-10-14-13-9(3-4-12)15(7)10/h1-2,5H,3-4,12H2. The van der Waals surface area contributed by atoms with Crippen LogP contribution in [-0.2, 0) is 6.42 Å². The topological polar surface area (TPSA) is 56.2 Å². The SMILES string of the molecule is NCCc1nnc2sc3cc(Br)ccc3n12. The summed E-state index contributed by atoms with van der Waals surface area (Å²) in [6.45, 7) is 0.592. The van der Waals surface area contributed by atoms with E-state index in [9.17, 15) is 0 Å². The van der Waals surface area contributed by atoms with E-state index in [1.54, 1.807) is 11.3 Å². The summed E-state index contributed by atoms with van der Waals surface area (Å²) in [6, 6.07) is 6.20. The van der Waals surface area contributed by atoms with Crippen LogP contribution in [0.1, 0.15) is 5.82 Å². The van der Waals surface area contributed by atoms with Crippen molar-refractivity contribution in [2.75, 3.05) is 6.54 Å². The first kappa shape index (κ1) is 10.2. The summed E-state index contributed by atoms with van der Waals surface area (Å²) >= 11 is 5.11. The minimum Gasteiger partial charge on any atom is -0.330 e. The third-order valence-corrected chi connectivity index (χ3v) is 3.92. The molecule has 2 heterocycles. The van der Waals surface area contributed by atoms with E-state index in [-0.39, 0.29) is 0 Å². The molecule has 0 radical (unpaired) electrons. The lowest BCUT2D eigenvalue weighted by Gasteiger charge is -1.96. The predicted molar refractivity (Wildman–Crippen MR) is 68.8 cm³/mol. The second-order valence-electron chi connectivity index (χ2n) is 3.49. The van der Waals surface area contributed by atoms with Gasteiger partial charge in [0.15, 0.2) is 0 Å². The smallest absolute Gasteiger partial charge is 0.217 e. The Morgan fingerprint density at radius 3 is 3.06 bits per heavy atom. The summed E-state index contributed by atoms with van der Waals surface area (Å²) in [6.07, 6.45) is 0.753. The monoisotopic (exact) mass is 296 g/mol. The fourth-order valence-corrected chi connectivity index (χ4v) is 3.29. The Bertz CT molecular complexity index is 657. The molecule has 6 heteroatoms. The van der Waals surface area contributed by atoms with E-state index in [1.807, 2.05) is 6.07 Å². The molecule has 0 fully saturated rings. The Labute approximate surface area is 104 Å². The van der Waals surface area contributed by atoms with Gasteiger partial charge in [-0.2, -0.15) is 0 Å². The summed E-state index contributed by atoms with van der Waals surface area (Å²) < 4.78 is 4.37. The fourth-order valence-electron chi connectivity index (χ4n) is 1.75. The van der Waals surface area contributed by atoms with Crippen molar-refractivity contribution in [3.05, 3.63) is 28.5 Å². The summed E-state index contributed by atoms with van der Waals surface area (Å²) in [5, 5.41) is 8.31. The van der Waals surface area contributed by atoms with Crippen LogP contribution in [0.2, 0.25) is 0 Å². The number of nitrogens with two attached hydrogens (primary N) is 1. The Morgan fingerprint density at radius 2 is 2.25 bits per heavy atom. The van der Waals surface area contributed by atoms with Crippen LogP contribution >= 0.6 is 27.3 Å². The first-order chi connectivity index (χ1) is 7.79. The number of thiazole rings is 1. The van der Waals surface area contributed by atoms with Gasteiger partial charge in [0.1, 0.15) is 5.82 Å². The van der Waals surface area contributed by atoms with E-state index >= 15 is 0 Å². The van der Waals surface area contributed by atoms with Gasteiger partial charge in [-0.1, -0.05) is 27.3 Å². The van der Waals surface area contributed by atoms with Crippen LogP contribution < -0.4 is 5.73 Å². The molecule has 0 bridgehead atoms. The molecule has 3 rings (SSSR count). The van der Waals surface area contributed by atoms with Crippen LogP contribution in [0, 0.1) is 0 Å². The van der Waals surface area contributed by atoms with Crippen LogP contribution in [0.5, 0.6) is 0 Å². The minimum atomic E-state index is 0.592. The molecular formula is C10H9BrN4S. The van der Waals surface area contributed by atoms with E-state index in [0.29, 0.717) is 6.54 Å². The second-order valence-corrected chi connectivity index (χ2v) is 5.41. The van der Waals surface area contributed by atoms with Gasteiger partial charge in [0.05, 0.1) is 10.2 Å². The highest BCUT2D eigenvalue weighted by molar-refractivity contribution is 9.10. The first-order valence-electron chi connectivity index (χ1n) is 4.92. The van der Waals surface area contributed by atoms with Gasteiger partial charge >= 0.3 is 0 Å². The largest absolute Gasteiger partial charge is 0.330 e. The van der Waals surface area contributed by atoms with E-state index in [4.69, 9.17) is 5.73 Å². The van der Waals surface area contributed by atoms with Crippen molar-refractivity contribution >= 4 is 42.4 Å². The molecule has 0 spiro atoms. The Kier molecular flexibility index (Phi) is 2.42. The fraction of sp³-hybridized carbons (Fsp3) is 0.200. The number of fused-ring (bicyclic) bond motifs is 3. The van der Waals surface area contributed by atoms with Crippen LogP contribution in [0.3, 0.4) is 0 Å². The molecule has 0 aliphatic rings. The Morgan fingerprint density at radius 1 is 1.38 bits per heavy atom. The number of hydrogen-bond acceptors (Lipinski definition) is 4. The molecule has 82 valence electrons. The van der Waals surface area contributed by atoms with Crippen molar-refractivity contribution in [3.8, 4) is 0 Å². The Balaban J connectivity index is 2.36. The lowest BCUT2D eigenvalue weighted by atomic mass is 10.3. The van der Waals surface area contributed by atoms with E-state index in [0.717, 1.165) is 27.2 Å². The number of aromatic nitrogens is 3. The Hall–Kier alpha value is -0.980. The lowest BCUT2D eigenvalue weighted by molar-refractivity contribution is 0.857. The third-order valence-electron chi connectivity index (χ3n) is 2.43. The average Bonchev–Trinajstić information content (AvgIpc) is 2.78. The molecule has 2 N–H and O–H groups in total. The molecule has 2 aromatic heterocycles. The van der Waals surface area contributed by atoms with Crippen LogP contribution in [0.4, 0.5) is 0 Å². The third kappa shape index (κ3) is 1.45. The van der Waals surface area contributed by atoms with Crippen LogP contribution in [0.15, 0.2) is 22.7 Å². The van der Waals surface area contributed by atoms with Crippen molar-refractivity contribution in [2.45, 2.75) is 6.42 Å². The maximum atomic E-state index is 5.56. The van der Waals surface area contributed by atoms with Gasteiger partial charge in [-0.05, 0) is 24.7 Å². The highest BCUT2D eigenvalue weighted by Gasteiger charge is 2.11. The molecule has 0 saturated heterocycles. The maximum absolute atomic E-state index is 5.56. The van der Waals surface area contributed by atoms with Crippen molar-refractivity contribution in [1.29, 1.82) is 0 Å². The average molecular weight is 297 g/mol. The van der Waals surface area contributed by atoms with E-state index in [2.05, 4.69) is 42.7 Å². The molecule has 16 heavy (non-hydrogen) atoms. The summed E-state index contributed by atoms with van der Waals surface area (Å²) in [5.41, 5.74) is 6.71. The number of nitrogens with zero attached hydrogens (tertiary/aromatic N) is 3. The highest BCUT2D eigenvalue weighted by atomic mass is 79.9. The number of rotatable bonds is 2. The molecular weight excluding hydrogens is 288 g/mol. The van der Waals surface area contributed by atoms with Gasteiger partial charge in [0.25, 0.3) is 0 Å². The molecule has 0 saturated carbocycles. The molecule has 1 aromatic carbocycles. The number of hydrogen-bond donors (Lipinski definition) is 1. The van der Waals surface area contributed by atoms with Gasteiger partial charge in [-0.25, -0.2) is 0 Å². The zero-order valence-corrected chi connectivity index (χ0v) is 10.8. The zero-order valence-electron chi connectivity index (χ0n) is 8.35. The molecule has 3 aromatic rings. The molecule has 0 amide bonds. The molecule has 0 aliphatic carbocycles. The zero-order chi connectivity index (χ0) is 11.1. The van der Waals surface area contributed by atoms with E-state index < -0.39 is 0 Å². The predicted octanol–water partition coefficient (Wildman–Crippen LogP) is 2.21. The first-order valence-corrected chi connectivity index (χ1v) is 6.52. The summed E-state index contributed by atoms with van der Waals surface area (Å²) in [5.74, 6) is 0.936. The lowest BCUT2D eigenvalue weighted by Crippen LogP contribution is -2.06. The van der Waals surface area contributed by atoms with Gasteiger partial charge < -0.3 is 5.73 Å². The number of benzene rings is 1. The molecule has 0 aliphatic heterocycles. The quantitative estimate of drug-likeness (QED) is 0.789. The normalized spacial score (nSPS) is 11.6. The van der Waals surface area contributed by atoms with Gasteiger partial charge in [-0.3, -0.25) is 4.40 Å². The minimum absolute atomic E-state index is 0.592. The molecule has 0 atom stereocenters. The van der Waals surface area contributed by atoms with Crippen LogP contribution in [-0.4, -0.2) is 21.1 Å². The van der Waals surface area contributed by atoms with Crippen LogP contribution in [0.25, 0.3) is 15.2 Å². The second kappa shape index (κ2) is 3.80. The van der Waals surface area contributed by atoms with Crippen molar-refractivity contribution in [1.82, 2.24) is 14.6 Å². The van der Waals surface area contributed by atoms with Crippen molar-refractivity contribution < 1.29 is 0 Å². The van der Waals surface area contributed by atoms with E-state index in [1.165, 1.54) is 4.70 Å². The number of halogens is 1. The maximum Gasteiger partial charge on any atom is 0.217 e. The van der Waals surface area contributed by atoms with Gasteiger partial charge in [0.2, 0.25) is 4.96 Å². The van der Waals surface area contributed by atoms with Crippen molar-refractivity contribution in [3.63, 3.8) is 0 Å². The highest BCUT2D eigenvalue weighted by Crippen LogP contribution is 2.28. The summed E-state index contributed by atoms with van der Waals surface area (Å²) in [4.78, 5) is 0.927. The molecule has 0 unspecified atom stereocenters.